The van der Waals surface area contributed by atoms with E-state index in [-0.39, 0.29) is 11.7 Å². The standard InChI is InChI=1S/C18H15FN4OS2/c1-10-7-8-12(9-13(10)19)20-16(24)11(2)25-17-21-22-18-23(17)14-5-3-4-6-15(14)26-18/h3-9,11H,1-2H3,(H,20,24). The van der Waals surface area contributed by atoms with Crippen LogP contribution >= 0.6 is 23.1 Å². The van der Waals surface area contributed by atoms with Gasteiger partial charge in [-0.1, -0.05) is 41.3 Å². The van der Waals surface area contributed by atoms with Gasteiger partial charge in [-0.2, -0.15) is 0 Å². The molecule has 2 heterocycles. The van der Waals surface area contributed by atoms with Crippen LogP contribution in [0.15, 0.2) is 47.6 Å². The van der Waals surface area contributed by atoms with Gasteiger partial charge in [0.15, 0.2) is 5.16 Å². The molecule has 0 aliphatic heterocycles. The summed E-state index contributed by atoms with van der Waals surface area (Å²) in [5, 5.41) is 11.4. The van der Waals surface area contributed by atoms with Crippen LogP contribution in [0.5, 0.6) is 0 Å². The van der Waals surface area contributed by atoms with Crippen molar-refractivity contribution >= 4 is 49.9 Å². The Kier molecular flexibility index (Phi) is 4.37. The Morgan fingerprint density at radius 1 is 1.27 bits per heavy atom. The molecule has 0 saturated carbocycles. The van der Waals surface area contributed by atoms with E-state index in [4.69, 9.17) is 0 Å². The van der Waals surface area contributed by atoms with Gasteiger partial charge in [-0.05, 0) is 43.7 Å². The van der Waals surface area contributed by atoms with Gasteiger partial charge in [-0.3, -0.25) is 9.20 Å². The number of benzene rings is 2. The molecule has 0 saturated heterocycles. The maximum atomic E-state index is 13.6. The number of carbonyl (C=O) groups is 1. The lowest BCUT2D eigenvalue weighted by molar-refractivity contribution is -0.115. The number of amides is 1. The van der Waals surface area contributed by atoms with Gasteiger partial charge in [0, 0.05) is 5.69 Å². The summed E-state index contributed by atoms with van der Waals surface area (Å²) in [5.74, 6) is -0.554. The summed E-state index contributed by atoms with van der Waals surface area (Å²) < 4.78 is 16.7. The molecule has 2 aromatic heterocycles. The van der Waals surface area contributed by atoms with Crippen LogP contribution < -0.4 is 5.32 Å². The molecule has 26 heavy (non-hydrogen) atoms. The van der Waals surface area contributed by atoms with Crippen molar-refractivity contribution in [3.63, 3.8) is 0 Å². The molecule has 0 aliphatic carbocycles. The molecule has 8 heteroatoms. The number of thiazole rings is 1. The van der Waals surface area contributed by atoms with Crippen molar-refractivity contribution < 1.29 is 9.18 Å². The maximum Gasteiger partial charge on any atom is 0.237 e. The van der Waals surface area contributed by atoms with E-state index in [1.807, 2.05) is 28.7 Å². The van der Waals surface area contributed by atoms with Crippen molar-refractivity contribution in [1.82, 2.24) is 14.6 Å². The Balaban J connectivity index is 1.55. The van der Waals surface area contributed by atoms with Crippen molar-refractivity contribution in [1.29, 1.82) is 0 Å². The predicted molar refractivity (Wildman–Crippen MR) is 103 cm³/mol. The first kappa shape index (κ1) is 17.0. The van der Waals surface area contributed by atoms with Crippen molar-refractivity contribution in [3.05, 3.63) is 53.8 Å². The molecule has 1 atom stereocenters. The topological polar surface area (TPSA) is 59.3 Å². The number of anilines is 1. The highest BCUT2D eigenvalue weighted by Crippen LogP contribution is 2.31. The SMILES string of the molecule is Cc1ccc(NC(=O)C(C)Sc2nnc3sc4ccccc4n23)cc1F. The largest absolute Gasteiger partial charge is 0.325 e. The minimum Gasteiger partial charge on any atom is -0.325 e. The quantitative estimate of drug-likeness (QED) is 0.524. The molecule has 0 spiro atoms. The summed E-state index contributed by atoms with van der Waals surface area (Å²) in [7, 11) is 0. The molecule has 2 aromatic carbocycles. The number of hydrogen-bond donors (Lipinski definition) is 1. The van der Waals surface area contributed by atoms with E-state index in [1.54, 1.807) is 37.3 Å². The summed E-state index contributed by atoms with van der Waals surface area (Å²) in [6.07, 6.45) is 0. The highest BCUT2D eigenvalue weighted by molar-refractivity contribution is 8.00. The molecule has 0 radical (unpaired) electrons. The zero-order valence-electron chi connectivity index (χ0n) is 14.1. The first-order valence-electron chi connectivity index (χ1n) is 7.99. The summed E-state index contributed by atoms with van der Waals surface area (Å²) in [5.41, 5.74) is 2.01. The Hall–Kier alpha value is -2.45. The normalized spacial score (nSPS) is 12.6. The number of nitrogens with one attached hydrogen (secondary N) is 1. The number of aryl methyl sites for hydroxylation is 1. The number of aromatic nitrogens is 3. The second-order valence-electron chi connectivity index (χ2n) is 5.88. The van der Waals surface area contributed by atoms with Crippen LogP contribution in [0.2, 0.25) is 0 Å². The lowest BCUT2D eigenvalue weighted by Gasteiger charge is -2.11. The molecule has 1 amide bonds. The number of fused-ring (bicyclic) bond motifs is 3. The van der Waals surface area contributed by atoms with E-state index in [0.717, 1.165) is 15.2 Å². The zero-order chi connectivity index (χ0) is 18.3. The Labute approximate surface area is 157 Å². The average Bonchev–Trinajstić information content (AvgIpc) is 3.18. The summed E-state index contributed by atoms with van der Waals surface area (Å²) in [6.45, 7) is 3.47. The van der Waals surface area contributed by atoms with Gasteiger partial charge in [0.25, 0.3) is 0 Å². The van der Waals surface area contributed by atoms with E-state index < -0.39 is 5.25 Å². The number of nitrogens with zero attached hydrogens (tertiary/aromatic N) is 3. The van der Waals surface area contributed by atoms with Gasteiger partial charge in [0.2, 0.25) is 10.9 Å². The van der Waals surface area contributed by atoms with Gasteiger partial charge in [0.05, 0.1) is 15.5 Å². The molecular formula is C18H15FN4OS2. The third-order valence-electron chi connectivity index (χ3n) is 4.00. The number of halogens is 1. The second kappa shape index (κ2) is 6.69. The van der Waals surface area contributed by atoms with Gasteiger partial charge in [0.1, 0.15) is 5.82 Å². The Morgan fingerprint density at radius 2 is 2.08 bits per heavy atom. The van der Waals surface area contributed by atoms with E-state index >= 15 is 0 Å². The predicted octanol–water partition coefficient (Wildman–Crippen LogP) is 4.51. The number of hydrogen-bond acceptors (Lipinski definition) is 5. The van der Waals surface area contributed by atoms with Gasteiger partial charge < -0.3 is 5.32 Å². The monoisotopic (exact) mass is 386 g/mol. The molecule has 0 bridgehead atoms. The van der Waals surface area contributed by atoms with Crippen molar-refractivity contribution in [2.24, 2.45) is 0 Å². The minimum absolute atomic E-state index is 0.213. The fourth-order valence-electron chi connectivity index (χ4n) is 2.56. The van der Waals surface area contributed by atoms with E-state index in [0.29, 0.717) is 16.4 Å². The smallest absolute Gasteiger partial charge is 0.237 e. The van der Waals surface area contributed by atoms with Crippen LogP contribution in [-0.4, -0.2) is 25.8 Å². The maximum absolute atomic E-state index is 13.6. The fraction of sp³-hybridized carbons (Fsp3) is 0.167. The number of rotatable bonds is 4. The average molecular weight is 386 g/mol. The molecule has 0 aliphatic rings. The fourth-order valence-corrected chi connectivity index (χ4v) is 4.44. The summed E-state index contributed by atoms with van der Waals surface area (Å²) in [4.78, 5) is 13.3. The molecule has 132 valence electrons. The lowest BCUT2D eigenvalue weighted by Crippen LogP contribution is -2.22. The van der Waals surface area contributed by atoms with Crippen LogP contribution in [0.25, 0.3) is 15.2 Å². The molecular weight excluding hydrogens is 371 g/mol. The van der Waals surface area contributed by atoms with Crippen LogP contribution in [0.4, 0.5) is 10.1 Å². The Morgan fingerprint density at radius 3 is 2.88 bits per heavy atom. The molecule has 1 N–H and O–H groups in total. The molecule has 0 fully saturated rings. The van der Waals surface area contributed by atoms with E-state index in [1.165, 1.54) is 17.8 Å². The zero-order valence-corrected chi connectivity index (χ0v) is 15.7. The highest BCUT2D eigenvalue weighted by Gasteiger charge is 2.20. The van der Waals surface area contributed by atoms with E-state index in [9.17, 15) is 9.18 Å². The number of para-hydroxylation sites is 1. The molecule has 1 unspecified atom stereocenters. The first-order valence-corrected chi connectivity index (χ1v) is 9.69. The Bertz CT molecular complexity index is 1120. The highest BCUT2D eigenvalue weighted by atomic mass is 32.2. The van der Waals surface area contributed by atoms with Gasteiger partial charge >= 0.3 is 0 Å². The second-order valence-corrected chi connectivity index (χ2v) is 8.20. The minimum atomic E-state index is -0.412. The van der Waals surface area contributed by atoms with Crippen molar-refractivity contribution in [2.45, 2.75) is 24.3 Å². The lowest BCUT2D eigenvalue weighted by atomic mass is 10.2. The van der Waals surface area contributed by atoms with Crippen molar-refractivity contribution in [3.8, 4) is 0 Å². The van der Waals surface area contributed by atoms with Crippen LogP contribution in [0.1, 0.15) is 12.5 Å². The number of carbonyl (C=O) groups excluding carboxylic acids is 1. The first-order chi connectivity index (χ1) is 12.5. The van der Waals surface area contributed by atoms with Crippen LogP contribution in [0.3, 0.4) is 0 Å². The number of thioether (sulfide) groups is 1. The third kappa shape index (κ3) is 3.06. The molecule has 4 rings (SSSR count). The molecule has 4 aromatic rings. The van der Waals surface area contributed by atoms with Gasteiger partial charge in [-0.15, -0.1) is 10.2 Å². The third-order valence-corrected chi connectivity index (χ3v) is 6.06. The summed E-state index contributed by atoms with van der Waals surface area (Å²) in [6, 6.07) is 12.6. The molecule has 5 nitrogen and oxygen atoms in total. The van der Waals surface area contributed by atoms with Crippen LogP contribution in [-0.2, 0) is 4.79 Å². The van der Waals surface area contributed by atoms with Gasteiger partial charge in [-0.25, -0.2) is 4.39 Å². The van der Waals surface area contributed by atoms with Crippen LogP contribution in [0, 0.1) is 12.7 Å². The summed E-state index contributed by atoms with van der Waals surface area (Å²) >= 11 is 2.88. The van der Waals surface area contributed by atoms with Crippen molar-refractivity contribution in [2.75, 3.05) is 5.32 Å². The van der Waals surface area contributed by atoms with E-state index in [2.05, 4.69) is 15.5 Å².